The minimum atomic E-state index is -1.20. The molecule has 1 aromatic heterocycles. The maximum atomic E-state index is 14.8. The highest BCUT2D eigenvalue weighted by Gasteiger charge is 2.17. The fourth-order valence-electron chi connectivity index (χ4n) is 3.47. The fraction of sp³-hybridized carbons (Fsp3) is 0.0769. The van der Waals surface area contributed by atoms with Gasteiger partial charge in [-0.15, -0.1) is 0 Å². The number of nitrogens with one attached hydrogen (secondary N) is 2. The van der Waals surface area contributed by atoms with Crippen LogP contribution in [0, 0.1) is 11.6 Å². The normalized spacial score (nSPS) is 10.6. The lowest BCUT2D eigenvalue weighted by atomic mass is 10.1. The van der Waals surface area contributed by atoms with Gasteiger partial charge in [-0.3, -0.25) is 9.78 Å². The van der Waals surface area contributed by atoms with Crippen LogP contribution >= 0.6 is 12.2 Å². The van der Waals surface area contributed by atoms with E-state index in [1.54, 1.807) is 0 Å². The maximum Gasteiger partial charge on any atom is 0.339 e. The van der Waals surface area contributed by atoms with Crippen molar-refractivity contribution in [3.8, 4) is 17.2 Å². The monoisotopic (exact) mass is 523 g/mol. The molecule has 0 radical (unpaired) electrons. The van der Waals surface area contributed by atoms with Crippen LogP contribution in [0.2, 0.25) is 0 Å². The number of hydrogen-bond donors (Lipinski definition) is 3. The number of nitrogens with zero attached hydrogens (tertiary/aromatic N) is 1. The van der Waals surface area contributed by atoms with Crippen LogP contribution < -0.4 is 20.1 Å². The van der Waals surface area contributed by atoms with Crippen LogP contribution in [0.15, 0.2) is 66.9 Å². The number of carbonyl (C=O) groups is 2. The van der Waals surface area contributed by atoms with E-state index in [-0.39, 0.29) is 40.0 Å². The molecule has 188 valence electrons. The van der Waals surface area contributed by atoms with Gasteiger partial charge in [-0.1, -0.05) is 12.1 Å². The van der Waals surface area contributed by atoms with Crippen molar-refractivity contribution in [2.45, 2.75) is 6.42 Å². The second-order valence-corrected chi connectivity index (χ2v) is 8.14. The van der Waals surface area contributed by atoms with Gasteiger partial charge in [0.1, 0.15) is 22.9 Å². The lowest BCUT2D eigenvalue weighted by molar-refractivity contribution is -0.119. The van der Waals surface area contributed by atoms with Gasteiger partial charge in [0.15, 0.2) is 16.7 Å². The Morgan fingerprint density at radius 3 is 2.43 bits per heavy atom. The number of anilines is 1. The summed E-state index contributed by atoms with van der Waals surface area (Å²) in [4.78, 5) is 27.9. The Morgan fingerprint density at radius 1 is 1.00 bits per heavy atom. The molecule has 0 fully saturated rings. The van der Waals surface area contributed by atoms with Crippen molar-refractivity contribution in [2.75, 3.05) is 12.4 Å². The summed E-state index contributed by atoms with van der Waals surface area (Å²) >= 11 is 5.11. The number of halogens is 2. The molecule has 1 heterocycles. The zero-order chi connectivity index (χ0) is 26.5. The van der Waals surface area contributed by atoms with E-state index in [4.69, 9.17) is 21.7 Å². The van der Waals surface area contributed by atoms with Crippen LogP contribution in [0.5, 0.6) is 17.2 Å². The molecule has 37 heavy (non-hydrogen) atoms. The number of aromatic carboxylic acids is 1. The molecule has 0 aliphatic rings. The van der Waals surface area contributed by atoms with Crippen LogP contribution in [0.3, 0.4) is 0 Å². The molecule has 11 heteroatoms. The number of carboxylic acids is 1. The molecule has 0 unspecified atom stereocenters. The standard InChI is InChI=1S/C26H19F2N3O5S/c1-35-23-13-20-17(12-18(23)25(33)34)21(8-9-29-20)36-22-7-6-16(11-19(22)28)30-26(37)31-24(32)10-14-2-4-15(27)5-3-14/h2-9,11-13H,10H2,1H3,(H,33,34)(H2,30,31,32,37). The molecule has 0 aliphatic carbocycles. The Morgan fingerprint density at radius 2 is 1.76 bits per heavy atom. The first-order valence-electron chi connectivity index (χ1n) is 10.8. The van der Waals surface area contributed by atoms with E-state index in [1.807, 2.05) is 0 Å². The average molecular weight is 524 g/mol. The Bertz CT molecular complexity index is 1510. The number of carbonyl (C=O) groups excluding carboxylic acids is 1. The summed E-state index contributed by atoms with van der Waals surface area (Å²) in [7, 11) is 1.35. The van der Waals surface area contributed by atoms with E-state index < -0.39 is 23.5 Å². The molecule has 4 aromatic rings. The molecule has 3 N–H and O–H groups in total. The lowest BCUT2D eigenvalue weighted by Gasteiger charge is -2.13. The first-order chi connectivity index (χ1) is 17.7. The number of amides is 1. The number of carboxylic acid groups (broad SMARTS) is 1. The van der Waals surface area contributed by atoms with Gasteiger partial charge in [-0.25, -0.2) is 13.6 Å². The number of aromatic nitrogens is 1. The molecule has 0 bridgehead atoms. The van der Waals surface area contributed by atoms with Gasteiger partial charge in [0, 0.05) is 29.4 Å². The van der Waals surface area contributed by atoms with Crippen LogP contribution in [-0.4, -0.2) is 34.2 Å². The molecular formula is C26H19F2N3O5S. The molecule has 0 atom stereocenters. The number of rotatable bonds is 7. The Labute approximate surface area is 214 Å². The predicted molar refractivity (Wildman–Crippen MR) is 136 cm³/mol. The van der Waals surface area contributed by atoms with E-state index in [0.717, 1.165) is 6.07 Å². The third-order valence-electron chi connectivity index (χ3n) is 5.19. The third kappa shape index (κ3) is 6.14. The van der Waals surface area contributed by atoms with Crippen molar-refractivity contribution in [3.05, 3.63) is 89.6 Å². The highest BCUT2D eigenvalue weighted by Crippen LogP contribution is 2.34. The number of fused-ring (bicyclic) bond motifs is 1. The van der Waals surface area contributed by atoms with Crippen LogP contribution in [0.25, 0.3) is 10.9 Å². The molecule has 8 nitrogen and oxygen atoms in total. The molecule has 3 aromatic carbocycles. The minimum absolute atomic E-state index is 0.0153. The Balaban J connectivity index is 1.46. The SMILES string of the molecule is COc1cc2nccc(Oc3ccc(NC(=S)NC(=O)Cc4ccc(F)cc4)cc3F)c2cc1C(=O)O. The molecule has 0 aliphatic heterocycles. The lowest BCUT2D eigenvalue weighted by Crippen LogP contribution is -2.35. The van der Waals surface area contributed by atoms with Crippen molar-refractivity contribution in [3.63, 3.8) is 0 Å². The van der Waals surface area contributed by atoms with Crippen LogP contribution in [0.1, 0.15) is 15.9 Å². The van der Waals surface area contributed by atoms with Gasteiger partial charge in [0.05, 0.1) is 19.0 Å². The van der Waals surface area contributed by atoms with E-state index in [2.05, 4.69) is 15.6 Å². The second-order valence-electron chi connectivity index (χ2n) is 7.74. The quantitative estimate of drug-likeness (QED) is 0.288. The zero-order valence-electron chi connectivity index (χ0n) is 19.2. The number of pyridine rings is 1. The minimum Gasteiger partial charge on any atom is -0.496 e. The van der Waals surface area contributed by atoms with Gasteiger partial charge >= 0.3 is 5.97 Å². The van der Waals surface area contributed by atoms with E-state index in [9.17, 15) is 23.5 Å². The Kier molecular flexibility index (Phi) is 7.54. The van der Waals surface area contributed by atoms with Gasteiger partial charge in [0.2, 0.25) is 5.91 Å². The van der Waals surface area contributed by atoms with Crippen molar-refractivity contribution in [2.24, 2.45) is 0 Å². The molecule has 1 amide bonds. The van der Waals surface area contributed by atoms with Crippen molar-refractivity contribution in [1.82, 2.24) is 10.3 Å². The van der Waals surface area contributed by atoms with Crippen LogP contribution in [0.4, 0.5) is 14.5 Å². The van der Waals surface area contributed by atoms with Gasteiger partial charge in [-0.2, -0.15) is 0 Å². The van der Waals surface area contributed by atoms with Gasteiger partial charge in [-0.05, 0) is 54.2 Å². The predicted octanol–water partition coefficient (Wildman–Crippen LogP) is 5.07. The van der Waals surface area contributed by atoms with Crippen molar-refractivity contribution < 1.29 is 33.0 Å². The molecule has 0 spiro atoms. The van der Waals surface area contributed by atoms with Gasteiger partial charge in [0.25, 0.3) is 0 Å². The maximum absolute atomic E-state index is 14.8. The highest BCUT2D eigenvalue weighted by molar-refractivity contribution is 7.80. The smallest absolute Gasteiger partial charge is 0.339 e. The average Bonchev–Trinajstić information content (AvgIpc) is 2.86. The molecule has 0 saturated heterocycles. The number of ether oxygens (including phenoxy) is 2. The van der Waals surface area contributed by atoms with E-state index >= 15 is 0 Å². The summed E-state index contributed by atoms with van der Waals surface area (Å²) in [5, 5.41) is 15.0. The summed E-state index contributed by atoms with van der Waals surface area (Å²) < 4.78 is 38.7. The topological polar surface area (TPSA) is 110 Å². The fourth-order valence-corrected chi connectivity index (χ4v) is 3.71. The summed E-state index contributed by atoms with van der Waals surface area (Å²) in [6.45, 7) is 0. The van der Waals surface area contributed by atoms with Crippen molar-refractivity contribution >= 4 is 45.8 Å². The second kappa shape index (κ2) is 11.0. The number of methoxy groups -OCH3 is 1. The summed E-state index contributed by atoms with van der Waals surface area (Å²) in [5.74, 6) is -2.56. The van der Waals surface area contributed by atoms with Crippen molar-refractivity contribution in [1.29, 1.82) is 0 Å². The van der Waals surface area contributed by atoms with E-state index in [1.165, 1.54) is 67.9 Å². The Hall–Kier alpha value is -4.64. The van der Waals surface area contributed by atoms with E-state index in [0.29, 0.717) is 16.5 Å². The van der Waals surface area contributed by atoms with Gasteiger partial charge < -0.3 is 25.2 Å². The number of hydrogen-bond acceptors (Lipinski definition) is 6. The number of benzene rings is 3. The number of thiocarbonyl (C=S) groups is 1. The largest absolute Gasteiger partial charge is 0.496 e. The highest BCUT2D eigenvalue weighted by atomic mass is 32.1. The molecule has 4 rings (SSSR count). The van der Waals surface area contributed by atoms with Crippen LogP contribution in [-0.2, 0) is 11.2 Å². The summed E-state index contributed by atoms with van der Waals surface area (Å²) in [6.07, 6.45) is 1.43. The zero-order valence-corrected chi connectivity index (χ0v) is 20.1. The first-order valence-corrected chi connectivity index (χ1v) is 11.2. The third-order valence-corrected chi connectivity index (χ3v) is 5.40. The summed E-state index contributed by atoms with van der Waals surface area (Å²) in [5.41, 5.74) is 1.17. The molecular weight excluding hydrogens is 504 g/mol. The molecule has 0 saturated carbocycles. The first kappa shape index (κ1) is 25.5. The summed E-state index contributed by atoms with van der Waals surface area (Å²) in [6, 6.07) is 13.8.